The summed E-state index contributed by atoms with van der Waals surface area (Å²) in [6.45, 7) is 0. The monoisotopic (exact) mass is 389 g/mol. The van der Waals surface area contributed by atoms with Crippen LogP contribution in [0.25, 0.3) is 0 Å². The predicted molar refractivity (Wildman–Crippen MR) is 73.8 cm³/mol. The summed E-state index contributed by atoms with van der Waals surface area (Å²) in [5.74, 6) is -1.96. The first-order chi connectivity index (χ1) is 9.50. The third kappa shape index (κ3) is 6.34. The number of sulfonamides is 1. The topological polar surface area (TPSA) is 83.5 Å². The number of hydrogen-bond acceptors (Lipinski definition) is 3. The van der Waals surface area contributed by atoms with E-state index in [2.05, 4.69) is 20.7 Å². The molecule has 1 rings (SSSR count). The van der Waals surface area contributed by atoms with Gasteiger partial charge in [-0.25, -0.2) is 13.2 Å². The zero-order chi connectivity index (χ0) is 16.3. The number of anilines is 1. The highest BCUT2D eigenvalue weighted by Gasteiger charge is 2.27. The van der Waals surface area contributed by atoms with Crippen LogP contribution in [0.5, 0.6) is 0 Å². The van der Waals surface area contributed by atoms with E-state index in [0.717, 1.165) is 6.07 Å². The fourth-order valence-corrected chi connectivity index (χ4v) is 3.03. The highest BCUT2D eigenvalue weighted by atomic mass is 79.9. The molecular formula is C11H11BrF3NO4S. The van der Waals surface area contributed by atoms with Gasteiger partial charge in [-0.15, -0.1) is 0 Å². The molecule has 0 aliphatic carbocycles. The summed E-state index contributed by atoms with van der Waals surface area (Å²) in [6, 6.07) is 3.67. The van der Waals surface area contributed by atoms with Gasteiger partial charge in [0.2, 0.25) is 10.0 Å². The van der Waals surface area contributed by atoms with Gasteiger partial charge in [-0.1, -0.05) is 0 Å². The number of alkyl halides is 3. The fourth-order valence-electron chi connectivity index (χ4n) is 1.42. The number of halogens is 4. The van der Waals surface area contributed by atoms with Gasteiger partial charge in [-0.2, -0.15) is 13.2 Å². The highest BCUT2D eigenvalue weighted by molar-refractivity contribution is 9.10. The van der Waals surface area contributed by atoms with Crippen LogP contribution in [-0.2, 0) is 10.0 Å². The second-order valence-corrected chi connectivity index (χ2v) is 6.84. The van der Waals surface area contributed by atoms with E-state index in [1.165, 1.54) is 12.1 Å². The minimum Gasteiger partial charge on any atom is -0.478 e. The minimum absolute atomic E-state index is 0.0399. The lowest BCUT2D eigenvalue weighted by Crippen LogP contribution is -2.19. The van der Waals surface area contributed by atoms with Crippen LogP contribution in [0.1, 0.15) is 23.2 Å². The molecular weight excluding hydrogens is 379 g/mol. The Labute approximate surface area is 127 Å². The predicted octanol–water partition coefficient (Wildman–Crippen LogP) is 3.23. The summed E-state index contributed by atoms with van der Waals surface area (Å²) in [4.78, 5) is 10.8. The number of rotatable bonds is 6. The van der Waals surface area contributed by atoms with Crippen LogP contribution in [-0.4, -0.2) is 31.4 Å². The molecule has 0 spiro atoms. The number of benzene rings is 1. The van der Waals surface area contributed by atoms with E-state index in [9.17, 15) is 26.4 Å². The summed E-state index contributed by atoms with van der Waals surface area (Å²) in [7, 11) is -3.99. The average molecular weight is 390 g/mol. The van der Waals surface area contributed by atoms with Gasteiger partial charge in [0.1, 0.15) is 0 Å². The molecule has 21 heavy (non-hydrogen) atoms. The molecule has 10 heteroatoms. The van der Waals surface area contributed by atoms with Crippen molar-refractivity contribution in [1.82, 2.24) is 0 Å². The zero-order valence-corrected chi connectivity index (χ0v) is 12.8. The van der Waals surface area contributed by atoms with E-state index < -0.39 is 40.8 Å². The number of carboxylic acid groups (broad SMARTS) is 1. The van der Waals surface area contributed by atoms with Crippen LogP contribution < -0.4 is 4.72 Å². The maximum atomic E-state index is 12.0. The number of carboxylic acids is 1. The zero-order valence-electron chi connectivity index (χ0n) is 10.4. The smallest absolute Gasteiger partial charge is 0.389 e. The Morgan fingerprint density at radius 3 is 2.48 bits per heavy atom. The van der Waals surface area contributed by atoms with Gasteiger partial charge in [0.25, 0.3) is 0 Å². The lowest BCUT2D eigenvalue weighted by Gasteiger charge is -2.11. The molecule has 2 N–H and O–H groups in total. The average Bonchev–Trinajstić information content (AvgIpc) is 2.29. The molecule has 0 bridgehead atoms. The van der Waals surface area contributed by atoms with E-state index in [-0.39, 0.29) is 15.7 Å². The third-order valence-corrected chi connectivity index (χ3v) is 4.40. The van der Waals surface area contributed by atoms with Crippen LogP contribution in [0.3, 0.4) is 0 Å². The van der Waals surface area contributed by atoms with Gasteiger partial charge in [0.15, 0.2) is 0 Å². The second-order valence-electron chi connectivity index (χ2n) is 4.14. The molecule has 0 aliphatic rings. The molecule has 1 aromatic rings. The molecule has 0 aliphatic heterocycles. The largest absolute Gasteiger partial charge is 0.478 e. The highest BCUT2D eigenvalue weighted by Crippen LogP contribution is 2.26. The third-order valence-electron chi connectivity index (χ3n) is 2.35. The minimum atomic E-state index is -4.42. The molecule has 0 aromatic heterocycles. The van der Waals surface area contributed by atoms with Gasteiger partial charge < -0.3 is 5.11 Å². The lowest BCUT2D eigenvalue weighted by molar-refractivity contribution is -0.134. The van der Waals surface area contributed by atoms with E-state index in [1.807, 2.05) is 0 Å². The Kier molecular flexibility index (Phi) is 5.62. The van der Waals surface area contributed by atoms with Gasteiger partial charge in [-0.05, 0) is 40.5 Å². The normalized spacial score (nSPS) is 12.2. The molecule has 0 radical (unpaired) electrons. The van der Waals surface area contributed by atoms with Crippen molar-refractivity contribution in [2.75, 3.05) is 10.5 Å². The Morgan fingerprint density at radius 1 is 1.33 bits per heavy atom. The van der Waals surface area contributed by atoms with Crippen molar-refractivity contribution in [3.05, 3.63) is 28.2 Å². The Morgan fingerprint density at radius 2 is 1.95 bits per heavy atom. The second kappa shape index (κ2) is 6.65. The Bertz CT molecular complexity index is 631. The van der Waals surface area contributed by atoms with Gasteiger partial charge >= 0.3 is 12.1 Å². The molecule has 0 heterocycles. The first-order valence-corrected chi connectivity index (χ1v) is 8.05. The van der Waals surface area contributed by atoms with Crippen molar-refractivity contribution < 1.29 is 31.5 Å². The van der Waals surface area contributed by atoms with Crippen molar-refractivity contribution >= 4 is 37.6 Å². The molecule has 5 nitrogen and oxygen atoms in total. The fraction of sp³-hybridized carbons (Fsp3) is 0.364. The first kappa shape index (κ1) is 17.8. The molecule has 0 saturated heterocycles. The maximum Gasteiger partial charge on any atom is 0.389 e. The molecule has 118 valence electrons. The van der Waals surface area contributed by atoms with Crippen molar-refractivity contribution in [2.24, 2.45) is 0 Å². The van der Waals surface area contributed by atoms with Gasteiger partial charge in [-0.3, -0.25) is 4.72 Å². The Hall–Kier alpha value is -1.29. The van der Waals surface area contributed by atoms with Crippen LogP contribution >= 0.6 is 15.9 Å². The number of aromatic carboxylic acids is 1. The summed E-state index contributed by atoms with van der Waals surface area (Å²) >= 11 is 3.03. The standard InChI is InChI=1S/C11H11BrF3NO4S/c12-8-3-2-7(10(17)18)6-9(8)16-21(19,20)5-1-4-11(13,14)15/h2-3,6,16H,1,4-5H2,(H,17,18). The van der Waals surface area contributed by atoms with E-state index in [0.29, 0.717) is 0 Å². The number of carbonyl (C=O) groups is 1. The van der Waals surface area contributed by atoms with Gasteiger partial charge in [0, 0.05) is 10.9 Å². The number of hydrogen-bond donors (Lipinski definition) is 2. The van der Waals surface area contributed by atoms with Crippen molar-refractivity contribution in [2.45, 2.75) is 19.0 Å². The maximum absolute atomic E-state index is 12.0. The Balaban J connectivity index is 2.79. The van der Waals surface area contributed by atoms with Crippen LogP contribution in [0, 0.1) is 0 Å². The van der Waals surface area contributed by atoms with E-state index in [4.69, 9.17) is 5.11 Å². The molecule has 0 unspecified atom stereocenters. The van der Waals surface area contributed by atoms with E-state index in [1.54, 1.807) is 0 Å². The van der Waals surface area contributed by atoms with Crippen LogP contribution in [0.15, 0.2) is 22.7 Å². The van der Waals surface area contributed by atoms with Crippen LogP contribution in [0.4, 0.5) is 18.9 Å². The van der Waals surface area contributed by atoms with Crippen LogP contribution in [0.2, 0.25) is 0 Å². The quantitative estimate of drug-likeness (QED) is 0.782. The van der Waals surface area contributed by atoms with Crippen molar-refractivity contribution in [3.63, 3.8) is 0 Å². The molecule has 0 fully saturated rings. The number of nitrogens with one attached hydrogen (secondary N) is 1. The summed E-state index contributed by atoms with van der Waals surface area (Å²) in [5, 5.41) is 8.81. The van der Waals surface area contributed by atoms with Gasteiger partial charge in [0.05, 0.1) is 17.0 Å². The van der Waals surface area contributed by atoms with Crippen molar-refractivity contribution in [3.8, 4) is 0 Å². The first-order valence-electron chi connectivity index (χ1n) is 5.60. The summed E-state index contributed by atoms with van der Waals surface area (Å²) < 4.78 is 61.6. The summed E-state index contributed by atoms with van der Waals surface area (Å²) in [6.07, 6.45) is -6.20. The van der Waals surface area contributed by atoms with Crippen molar-refractivity contribution in [1.29, 1.82) is 0 Å². The molecule has 1 aromatic carbocycles. The van der Waals surface area contributed by atoms with E-state index >= 15 is 0 Å². The molecule has 0 amide bonds. The molecule has 0 saturated carbocycles. The summed E-state index contributed by atoms with van der Waals surface area (Å²) in [5.41, 5.74) is -0.187. The SMILES string of the molecule is O=C(O)c1ccc(Br)c(NS(=O)(=O)CCCC(F)(F)F)c1. The molecule has 0 atom stereocenters. The lowest BCUT2D eigenvalue weighted by atomic mass is 10.2.